The Morgan fingerprint density at radius 1 is 0.490 bits per heavy atom. The third-order valence-electron chi connectivity index (χ3n) is 9.69. The summed E-state index contributed by atoms with van der Waals surface area (Å²) in [5.74, 6) is 1.83. The average molecular weight is 655 g/mol. The molecule has 3 aromatic heterocycles. The van der Waals surface area contributed by atoms with Gasteiger partial charge >= 0.3 is 0 Å². The number of nitrogens with zero attached hydrogens (tertiary/aromatic N) is 4. The van der Waals surface area contributed by atoms with Gasteiger partial charge in [0.25, 0.3) is 0 Å². The average Bonchev–Trinajstić information content (AvgIpc) is 3.60. The number of benzene rings is 6. The number of furan rings is 1. The largest absolute Gasteiger partial charge is 0.455 e. The van der Waals surface area contributed by atoms with Crippen LogP contribution < -0.4 is 0 Å². The third kappa shape index (κ3) is 4.90. The van der Waals surface area contributed by atoms with Crippen LogP contribution in [0, 0.1) is 0 Å². The zero-order chi connectivity index (χ0) is 33.7. The molecule has 6 aromatic carbocycles. The molecule has 0 unspecified atom stereocenters. The quantitative estimate of drug-likeness (QED) is 0.185. The van der Waals surface area contributed by atoms with Crippen molar-refractivity contribution in [2.24, 2.45) is 0 Å². The van der Waals surface area contributed by atoms with Gasteiger partial charge < -0.3 is 8.98 Å². The first-order chi connectivity index (χ1) is 25.3. The van der Waals surface area contributed by atoms with Crippen molar-refractivity contribution in [1.29, 1.82) is 0 Å². The molecule has 240 valence electrons. The van der Waals surface area contributed by atoms with E-state index in [1.807, 2.05) is 42.5 Å². The van der Waals surface area contributed by atoms with Crippen molar-refractivity contribution in [3.63, 3.8) is 0 Å². The maximum atomic E-state index is 6.90. The van der Waals surface area contributed by atoms with E-state index in [9.17, 15) is 0 Å². The fraction of sp³-hybridized carbons (Fsp3) is 0.0217. The molecule has 51 heavy (non-hydrogen) atoms. The molecule has 1 aliphatic rings. The Balaban J connectivity index is 1.16. The molecule has 0 radical (unpaired) electrons. The summed E-state index contributed by atoms with van der Waals surface area (Å²) in [7, 11) is 0. The maximum Gasteiger partial charge on any atom is 0.167 e. The highest BCUT2D eigenvalue weighted by molar-refractivity contribution is 6.14. The van der Waals surface area contributed by atoms with Gasteiger partial charge in [0, 0.05) is 43.9 Å². The summed E-state index contributed by atoms with van der Waals surface area (Å²) in [6.45, 7) is 0. The molecule has 9 aromatic rings. The highest BCUT2D eigenvalue weighted by Crippen LogP contribution is 2.41. The second kappa shape index (κ2) is 11.9. The fourth-order valence-corrected chi connectivity index (χ4v) is 7.31. The summed E-state index contributed by atoms with van der Waals surface area (Å²) >= 11 is 0. The minimum Gasteiger partial charge on any atom is -0.455 e. The van der Waals surface area contributed by atoms with Gasteiger partial charge in [-0.25, -0.2) is 15.0 Å². The van der Waals surface area contributed by atoms with E-state index < -0.39 is 0 Å². The number of para-hydroxylation sites is 4. The van der Waals surface area contributed by atoms with Gasteiger partial charge in [-0.15, -0.1) is 0 Å². The number of hydrogen-bond donors (Lipinski definition) is 0. The molecule has 0 atom stereocenters. The van der Waals surface area contributed by atoms with Gasteiger partial charge in [-0.1, -0.05) is 134 Å². The van der Waals surface area contributed by atoms with Crippen LogP contribution in [0.1, 0.15) is 12.2 Å². The van der Waals surface area contributed by atoms with Gasteiger partial charge in [0.2, 0.25) is 0 Å². The first-order valence-electron chi connectivity index (χ1n) is 17.2. The Kier molecular flexibility index (Phi) is 6.81. The minimum atomic E-state index is 0.576. The molecule has 0 saturated carbocycles. The van der Waals surface area contributed by atoms with Crippen LogP contribution in [0.2, 0.25) is 0 Å². The molecule has 0 bridgehead atoms. The van der Waals surface area contributed by atoms with Crippen molar-refractivity contribution in [3.8, 4) is 39.6 Å². The minimum absolute atomic E-state index is 0.576. The molecule has 0 saturated heterocycles. The lowest BCUT2D eigenvalue weighted by atomic mass is 10.00. The van der Waals surface area contributed by atoms with Crippen molar-refractivity contribution in [1.82, 2.24) is 19.5 Å². The van der Waals surface area contributed by atoms with E-state index in [4.69, 9.17) is 19.4 Å². The maximum absolute atomic E-state index is 6.90. The zero-order valence-electron chi connectivity index (χ0n) is 27.6. The van der Waals surface area contributed by atoms with Crippen molar-refractivity contribution in [3.05, 3.63) is 176 Å². The molecule has 1 aliphatic carbocycles. The summed E-state index contributed by atoms with van der Waals surface area (Å²) < 4.78 is 9.24. The van der Waals surface area contributed by atoms with Crippen LogP contribution in [0.25, 0.3) is 88.9 Å². The molecule has 10 rings (SSSR count). The van der Waals surface area contributed by atoms with Gasteiger partial charge in [-0.2, -0.15) is 0 Å². The second-order valence-corrected chi connectivity index (χ2v) is 12.7. The lowest BCUT2D eigenvalue weighted by molar-refractivity contribution is 0.670. The standard InChI is InChI=1S/C46H30N4O/c1-2-6-16-30(15-5-1)44-47-45(31-17-7-3-8-18-31)49-46(48-44)38-25-14-24-37-36-23-13-22-34(42(36)51-43(37)38)32-27-28-41-39(29-32)35-21-11-12-26-40(35)50(41)33-19-9-4-10-20-33/h1-5,7-29H,6H2. The Morgan fingerprint density at radius 3 is 2.00 bits per heavy atom. The summed E-state index contributed by atoms with van der Waals surface area (Å²) in [6, 6.07) is 48.6. The highest BCUT2D eigenvalue weighted by atomic mass is 16.3. The summed E-state index contributed by atoms with van der Waals surface area (Å²) in [6.07, 6.45) is 11.2. The van der Waals surface area contributed by atoms with Gasteiger partial charge in [0.05, 0.1) is 16.6 Å². The van der Waals surface area contributed by atoms with E-state index in [-0.39, 0.29) is 0 Å². The molecule has 0 fully saturated rings. The van der Waals surface area contributed by atoms with Crippen LogP contribution in [0.4, 0.5) is 0 Å². The molecule has 3 heterocycles. The fourth-order valence-electron chi connectivity index (χ4n) is 7.31. The Labute approximate surface area is 294 Å². The van der Waals surface area contributed by atoms with Crippen LogP contribution in [0.5, 0.6) is 0 Å². The van der Waals surface area contributed by atoms with E-state index in [1.54, 1.807) is 0 Å². The van der Waals surface area contributed by atoms with Gasteiger partial charge in [-0.3, -0.25) is 0 Å². The third-order valence-corrected chi connectivity index (χ3v) is 9.69. The molecule has 0 amide bonds. The van der Waals surface area contributed by atoms with Gasteiger partial charge in [-0.05, 0) is 48.4 Å². The number of aromatic nitrogens is 4. The molecule has 0 spiro atoms. The molecule has 0 N–H and O–H groups in total. The van der Waals surface area contributed by atoms with E-state index in [0.29, 0.717) is 17.5 Å². The normalized spacial score (nSPS) is 13.0. The van der Waals surface area contributed by atoms with Crippen LogP contribution in [-0.4, -0.2) is 19.5 Å². The lowest BCUT2D eigenvalue weighted by Gasteiger charge is -2.09. The van der Waals surface area contributed by atoms with Crippen molar-refractivity contribution in [2.45, 2.75) is 6.42 Å². The molecular weight excluding hydrogens is 625 g/mol. The summed E-state index contributed by atoms with van der Waals surface area (Å²) in [5, 5.41) is 4.48. The predicted molar refractivity (Wildman–Crippen MR) is 209 cm³/mol. The first-order valence-corrected chi connectivity index (χ1v) is 17.2. The summed E-state index contributed by atoms with van der Waals surface area (Å²) in [5.41, 5.74) is 9.94. The topological polar surface area (TPSA) is 56.7 Å². The van der Waals surface area contributed by atoms with E-state index in [1.165, 1.54) is 21.8 Å². The smallest absolute Gasteiger partial charge is 0.167 e. The summed E-state index contributed by atoms with van der Waals surface area (Å²) in [4.78, 5) is 15.0. The molecule has 0 aliphatic heterocycles. The van der Waals surface area contributed by atoms with Crippen LogP contribution in [-0.2, 0) is 0 Å². The van der Waals surface area contributed by atoms with Gasteiger partial charge in [0.1, 0.15) is 11.2 Å². The number of allylic oxidation sites excluding steroid dienone is 6. The zero-order valence-corrected chi connectivity index (χ0v) is 27.6. The van der Waals surface area contributed by atoms with Crippen LogP contribution >= 0.6 is 0 Å². The van der Waals surface area contributed by atoms with Crippen molar-refractivity contribution in [2.75, 3.05) is 0 Å². The predicted octanol–water partition coefficient (Wildman–Crippen LogP) is 11.8. The van der Waals surface area contributed by atoms with E-state index >= 15 is 0 Å². The number of fused-ring (bicyclic) bond motifs is 6. The number of rotatable bonds is 5. The molecular formula is C46H30N4O. The van der Waals surface area contributed by atoms with E-state index in [0.717, 1.165) is 61.9 Å². The van der Waals surface area contributed by atoms with Crippen molar-refractivity contribution < 1.29 is 4.42 Å². The van der Waals surface area contributed by atoms with Crippen LogP contribution in [0.15, 0.2) is 174 Å². The van der Waals surface area contributed by atoms with E-state index in [2.05, 4.69) is 132 Å². The van der Waals surface area contributed by atoms with Crippen LogP contribution in [0.3, 0.4) is 0 Å². The highest BCUT2D eigenvalue weighted by Gasteiger charge is 2.20. The SMILES string of the molecule is C1=CCC=C(c2nc(-c3ccccc3)nc(-c3cccc4c3oc3c(-c5ccc6c(c5)c5ccccc5n6-c5ccccc5)cccc34)n2)C=C1. The second-order valence-electron chi connectivity index (χ2n) is 12.7. The van der Waals surface area contributed by atoms with Gasteiger partial charge in [0.15, 0.2) is 17.5 Å². The Hall–Kier alpha value is -6.85. The van der Waals surface area contributed by atoms with Crippen molar-refractivity contribution >= 4 is 49.3 Å². The first kappa shape index (κ1) is 29.1. The monoisotopic (exact) mass is 654 g/mol. The Morgan fingerprint density at radius 2 is 1.16 bits per heavy atom. The Bertz CT molecular complexity index is 2880. The molecule has 5 nitrogen and oxygen atoms in total. The number of hydrogen-bond acceptors (Lipinski definition) is 4. The molecule has 5 heteroatoms. The lowest BCUT2D eigenvalue weighted by Crippen LogP contribution is -2.02.